The van der Waals surface area contributed by atoms with E-state index in [1.54, 1.807) is 13.0 Å². The molecule has 0 radical (unpaired) electrons. The van der Waals surface area contributed by atoms with Crippen LogP contribution in [-0.4, -0.2) is 31.2 Å². The second-order valence-electron chi connectivity index (χ2n) is 3.34. The summed E-state index contributed by atoms with van der Waals surface area (Å²) in [5.74, 6) is -0.0847. The molecular weight excluding hydrogens is 240 g/mol. The van der Waals surface area contributed by atoms with E-state index in [2.05, 4.69) is 10.1 Å². The highest BCUT2D eigenvalue weighted by atomic mass is 16.6. The standard InChI is InChI=1S/C11H14N2O5/c1-3-18-10-5-8(12-7-11(14)17-2)4-9(6-10)13(15)16/h4-6,12H,3,7H2,1-2H3. The largest absolute Gasteiger partial charge is 0.494 e. The lowest BCUT2D eigenvalue weighted by molar-refractivity contribution is -0.384. The van der Waals surface area contributed by atoms with Gasteiger partial charge >= 0.3 is 5.97 Å². The summed E-state index contributed by atoms with van der Waals surface area (Å²) in [6, 6.07) is 4.23. The summed E-state index contributed by atoms with van der Waals surface area (Å²) in [7, 11) is 1.27. The molecule has 0 heterocycles. The van der Waals surface area contributed by atoms with Gasteiger partial charge in [0.1, 0.15) is 12.3 Å². The maximum Gasteiger partial charge on any atom is 0.325 e. The Balaban J connectivity index is 2.88. The zero-order valence-corrected chi connectivity index (χ0v) is 10.1. The van der Waals surface area contributed by atoms with Gasteiger partial charge in [-0.15, -0.1) is 0 Å². The first kappa shape index (κ1) is 13.8. The minimum Gasteiger partial charge on any atom is -0.494 e. The smallest absolute Gasteiger partial charge is 0.325 e. The van der Waals surface area contributed by atoms with E-state index in [-0.39, 0.29) is 12.2 Å². The number of carbonyl (C=O) groups is 1. The Labute approximate surface area is 104 Å². The van der Waals surface area contributed by atoms with Crippen LogP contribution in [0.4, 0.5) is 11.4 Å². The predicted molar refractivity (Wildman–Crippen MR) is 64.8 cm³/mol. The van der Waals surface area contributed by atoms with E-state index in [0.29, 0.717) is 18.0 Å². The van der Waals surface area contributed by atoms with E-state index in [1.807, 2.05) is 0 Å². The van der Waals surface area contributed by atoms with Gasteiger partial charge in [-0.3, -0.25) is 14.9 Å². The molecule has 0 bridgehead atoms. The third kappa shape index (κ3) is 3.93. The second kappa shape index (κ2) is 6.43. The zero-order valence-electron chi connectivity index (χ0n) is 10.1. The molecule has 0 saturated heterocycles. The number of nitro benzene ring substituents is 1. The number of nitrogens with one attached hydrogen (secondary N) is 1. The quantitative estimate of drug-likeness (QED) is 0.471. The van der Waals surface area contributed by atoms with Crippen molar-refractivity contribution in [2.24, 2.45) is 0 Å². The molecule has 0 aliphatic carbocycles. The molecule has 0 amide bonds. The normalized spacial score (nSPS) is 9.67. The van der Waals surface area contributed by atoms with E-state index < -0.39 is 10.9 Å². The highest BCUT2D eigenvalue weighted by molar-refractivity contribution is 5.75. The summed E-state index contributed by atoms with van der Waals surface area (Å²) in [5.41, 5.74) is 0.325. The van der Waals surface area contributed by atoms with Gasteiger partial charge in [-0.1, -0.05) is 0 Å². The number of rotatable bonds is 6. The Kier molecular flexibility index (Phi) is 4.91. The van der Waals surface area contributed by atoms with Crippen molar-refractivity contribution in [2.75, 3.05) is 25.6 Å². The van der Waals surface area contributed by atoms with Crippen molar-refractivity contribution < 1.29 is 19.2 Å². The van der Waals surface area contributed by atoms with Gasteiger partial charge in [0, 0.05) is 17.8 Å². The Morgan fingerprint density at radius 3 is 2.72 bits per heavy atom. The molecule has 1 N–H and O–H groups in total. The molecule has 0 aliphatic rings. The first-order valence-electron chi connectivity index (χ1n) is 5.29. The van der Waals surface area contributed by atoms with Crippen molar-refractivity contribution in [1.82, 2.24) is 0 Å². The van der Waals surface area contributed by atoms with Crippen LogP contribution in [0.5, 0.6) is 5.75 Å². The first-order chi connectivity index (χ1) is 8.56. The maximum absolute atomic E-state index is 11.0. The molecule has 1 aromatic carbocycles. The van der Waals surface area contributed by atoms with Crippen LogP contribution in [0.1, 0.15) is 6.92 Å². The van der Waals surface area contributed by atoms with Gasteiger partial charge in [-0.25, -0.2) is 0 Å². The van der Waals surface area contributed by atoms with Crippen LogP contribution >= 0.6 is 0 Å². The molecule has 7 nitrogen and oxygen atoms in total. The lowest BCUT2D eigenvalue weighted by atomic mass is 10.2. The lowest BCUT2D eigenvalue weighted by Crippen LogP contribution is -2.15. The molecule has 0 aliphatic heterocycles. The first-order valence-corrected chi connectivity index (χ1v) is 5.29. The number of methoxy groups -OCH3 is 1. The third-order valence-corrected chi connectivity index (χ3v) is 2.08. The fraction of sp³-hybridized carbons (Fsp3) is 0.364. The van der Waals surface area contributed by atoms with Crippen molar-refractivity contribution in [3.05, 3.63) is 28.3 Å². The topological polar surface area (TPSA) is 90.7 Å². The minimum atomic E-state index is -0.522. The number of carbonyl (C=O) groups excluding carboxylic acids is 1. The summed E-state index contributed by atoms with van der Waals surface area (Å²) >= 11 is 0. The second-order valence-corrected chi connectivity index (χ2v) is 3.34. The minimum absolute atomic E-state index is 0.0662. The van der Waals surface area contributed by atoms with Crippen LogP contribution in [-0.2, 0) is 9.53 Å². The highest BCUT2D eigenvalue weighted by Gasteiger charge is 2.11. The van der Waals surface area contributed by atoms with Crippen LogP contribution < -0.4 is 10.1 Å². The van der Waals surface area contributed by atoms with Crippen molar-refractivity contribution in [2.45, 2.75) is 6.92 Å². The Morgan fingerprint density at radius 2 is 2.17 bits per heavy atom. The Hall–Kier alpha value is -2.31. The van der Waals surface area contributed by atoms with Crippen LogP contribution in [0, 0.1) is 10.1 Å². The average Bonchev–Trinajstić information content (AvgIpc) is 2.36. The SMILES string of the molecule is CCOc1cc(NCC(=O)OC)cc([N+](=O)[O-])c1. The fourth-order valence-corrected chi connectivity index (χ4v) is 1.29. The molecule has 0 unspecified atom stereocenters. The van der Waals surface area contributed by atoms with Crippen LogP contribution in [0.25, 0.3) is 0 Å². The van der Waals surface area contributed by atoms with E-state index in [4.69, 9.17) is 4.74 Å². The van der Waals surface area contributed by atoms with Crippen molar-refractivity contribution in [3.63, 3.8) is 0 Å². The van der Waals surface area contributed by atoms with Gasteiger partial charge in [0.15, 0.2) is 0 Å². The van der Waals surface area contributed by atoms with Crippen LogP contribution in [0.3, 0.4) is 0 Å². The molecule has 0 saturated carbocycles. The van der Waals surface area contributed by atoms with Crippen molar-refractivity contribution in [3.8, 4) is 5.75 Å². The Bertz CT molecular complexity index is 447. The molecule has 7 heteroatoms. The Morgan fingerprint density at radius 1 is 1.44 bits per heavy atom. The summed E-state index contributed by atoms with van der Waals surface area (Å²) in [6.45, 7) is 2.11. The van der Waals surface area contributed by atoms with Crippen LogP contribution in [0.2, 0.25) is 0 Å². The molecule has 0 atom stereocenters. The van der Waals surface area contributed by atoms with Gasteiger partial charge < -0.3 is 14.8 Å². The van der Waals surface area contributed by atoms with Gasteiger partial charge in [-0.2, -0.15) is 0 Å². The molecule has 1 aromatic rings. The van der Waals surface area contributed by atoms with Crippen molar-refractivity contribution in [1.29, 1.82) is 0 Å². The molecule has 0 aromatic heterocycles. The van der Waals surface area contributed by atoms with E-state index in [9.17, 15) is 14.9 Å². The number of non-ortho nitro benzene ring substituents is 1. The number of nitro groups is 1. The summed E-state index contributed by atoms with van der Waals surface area (Å²) in [6.07, 6.45) is 0. The number of ether oxygens (including phenoxy) is 2. The molecule has 0 fully saturated rings. The number of benzene rings is 1. The maximum atomic E-state index is 11.0. The summed E-state index contributed by atoms with van der Waals surface area (Å²) < 4.78 is 9.67. The van der Waals surface area contributed by atoms with Crippen molar-refractivity contribution >= 4 is 17.3 Å². The monoisotopic (exact) mass is 254 g/mol. The predicted octanol–water partition coefficient (Wildman–Crippen LogP) is 1.58. The van der Waals surface area contributed by atoms with Gasteiger partial charge in [0.25, 0.3) is 5.69 Å². The fourth-order valence-electron chi connectivity index (χ4n) is 1.29. The number of hydrogen-bond acceptors (Lipinski definition) is 6. The van der Waals surface area contributed by atoms with E-state index in [1.165, 1.54) is 19.2 Å². The average molecular weight is 254 g/mol. The summed E-state index contributed by atoms with van der Waals surface area (Å²) in [4.78, 5) is 21.2. The molecule has 18 heavy (non-hydrogen) atoms. The molecule has 98 valence electrons. The third-order valence-electron chi connectivity index (χ3n) is 2.08. The number of nitrogens with zero attached hydrogens (tertiary/aromatic N) is 1. The van der Waals surface area contributed by atoms with Gasteiger partial charge in [-0.05, 0) is 6.92 Å². The van der Waals surface area contributed by atoms with E-state index >= 15 is 0 Å². The number of esters is 1. The molecule has 1 rings (SSSR count). The van der Waals surface area contributed by atoms with E-state index in [0.717, 1.165) is 0 Å². The lowest BCUT2D eigenvalue weighted by Gasteiger charge is -2.08. The number of hydrogen-bond donors (Lipinski definition) is 1. The zero-order chi connectivity index (χ0) is 13.5. The molecule has 0 spiro atoms. The summed E-state index contributed by atoms with van der Waals surface area (Å²) in [5, 5.41) is 13.5. The number of anilines is 1. The van der Waals surface area contributed by atoms with Gasteiger partial charge in [0.05, 0.1) is 24.7 Å². The highest BCUT2D eigenvalue weighted by Crippen LogP contribution is 2.25. The van der Waals surface area contributed by atoms with Gasteiger partial charge in [0.2, 0.25) is 0 Å². The van der Waals surface area contributed by atoms with Crippen LogP contribution in [0.15, 0.2) is 18.2 Å². The molecular formula is C11H14N2O5.